The molecule has 5 rings (SSSR count). The number of halogens is 2. The number of fused-ring (bicyclic) bond motifs is 1. The summed E-state index contributed by atoms with van der Waals surface area (Å²) in [6.45, 7) is 0.302. The summed E-state index contributed by atoms with van der Waals surface area (Å²) in [5, 5.41) is 2.52. The van der Waals surface area contributed by atoms with Crippen molar-refractivity contribution in [2.45, 2.75) is 6.42 Å². The van der Waals surface area contributed by atoms with Gasteiger partial charge >= 0.3 is 0 Å². The number of nitrogens with zero attached hydrogens (tertiary/aromatic N) is 3. The van der Waals surface area contributed by atoms with Gasteiger partial charge in [-0.3, -0.25) is 14.2 Å². The molecule has 2 aromatic heterocycles. The number of nitrogens with one attached hydrogen (secondary N) is 1. The van der Waals surface area contributed by atoms with E-state index in [1.807, 2.05) is 0 Å². The van der Waals surface area contributed by atoms with E-state index in [2.05, 4.69) is 15.3 Å². The van der Waals surface area contributed by atoms with E-state index in [1.165, 1.54) is 53.2 Å². The van der Waals surface area contributed by atoms with Gasteiger partial charge in [0.2, 0.25) is 11.8 Å². The summed E-state index contributed by atoms with van der Waals surface area (Å²) in [7, 11) is 0. The van der Waals surface area contributed by atoms with E-state index >= 15 is 0 Å². The van der Waals surface area contributed by atoms with Crippen molar-refractivity contribution in [1.82, 2.24) is 14.5 Å². The van der Waals surface area contributed by atoms with E-state index in [1.54, 1.807) is 6.20 Å². The first-order valence-corrected chi connectivity index (χ1v) is 10.4. The Labute approximate surface area is 196 Å². The van der Waals surface area contributed by atoms with Crippen LogP contribution in [0.5, 0.6) is 17.4 Å². The van der Waals surface area contributed by atoms with Gasteiger partial charge in [-0.25, -0.2) is 13.8 Å². The Kier molecular flexibility index (Phi) is 5.57. The largest absolute Gasteiger partial charge is 0.492 e. The predicted molar refractivity (Wildman–Crippen MR) is 122 cm³/mol. The number of hydrogen-bond acceptors (Lipinski definition) is 7. The summed E-state index contributed by atoms with van der Waals surface area (Å²) < 4.78 is 40.2. The zero-order chi connectivity index (χ0) is 24.5. The molecule has 0 saturated heterocycles. The lowest BCUT2D eigenvalue weighted by Crippen LogP contribution is -2.29. The second-order valence-electron chi connectivity index (χ2n) is 7.56. The van der Waals surface area contributed by atoms with Gasteiger partial charge in [-0.1, -0.05) is 0 Å². The lowest BCUT2D eigenvalue weighted by molar-refractivity contribution is 0.102. The van der Waals surface area contributed by atoms with Crippen LogP contribution in [0.3, 0.4) is 0 Å². The van der Waals surface area contributed by atoms with Crippen molar-refractivity contribution >= 4 is 17.5 Å². The molecule has 3 heterocycles. The monoisotopic (exact) mass is 477 g/mol. The number of carbonyl (C=O) groups excluding carboxylic acids is 1. The van der Waals surface area contributed by atoms with Gasteiger partial charge in [0.05, 0.1) is 6.61 Å². The van der Waals surface area contributed by atoms with Crippen molar-refractivity contribution in [3.63, 3.8) is 0 Å². The number of benzene rings is 2. The highest BCUT2D eigenvalue weighted by Crippen LogP contribution is 2.30. The number of pyridine rings is 1. The summed E-state index contributed by atoms with van der Waals surface area (Å²) in [4.78, 5) is 33.9. The van der Waals surface area contributed by atoms with Gasteiger partial charge in [0.25, 0.3) is 11.5 Å². The van der Waals surface area contributed by atoms with Crippen molar-refractivity contribution in [1.29, 1.82) is 0 Å². The van der Waals surface area contributed by atoms with Crippen LogP contribution < -0.4 is 26.1 Å². The van der Waals surface area contributed by atoms with E-state index in [9.17, 15) is 18.4 Å². The van der Waals surface area contributed by atoms with E-state index in [0.717, 1.165) is 6.07 Å². The van der Waals surface area contributed by atoms with E-state index < -0.39 is 23.1 Å². The zero-order valence-corrected chi connectivity index (χ0v) is 18.0. The number of ether oxygens (including phenoxy) is 2. The second kappa shape index (κ2) is 8.86. The van der Waals surface area contributed by atoms with Crippen LogP contribution in [0.15, 0.2) is 65.7 Å². The molecule has 0 bridgehead atoms. The molecule has 0 atom stereocenters. The number of carbonyl (C=O) groups is 1. The quantitative estimate of drug-likeness (QED) is 0.451. The van der Waals surface area contributed by atoms with Gasteiger partial charge in [-0.15, -0.1) is 0 Å². The Bertz CT molecular complexity index is 1510. The lowest BCUT2D eigenvalue weighted by atomic mass is 10.1. The minimum absolute atomic E-state index is 0.0318. The van der Waals surface area contributed by atoms with Crippen molar-refractivity contribution in [3.8, 4) is 23.1 Å². The molecule has 1 aliphatic heterocycles. The fraction of sp³-hybridized carbons (Fsp3) is 0.0833. The number of nitrogens with two attached hydrogens (primary N) is 1. The van der Waals surface area contributed by atoms with Gasteiger partial charge in [-0.2, -0.15) is 4.98 Å². The molecule has 4 aromatic rings. The molecule has 0 unspecified atom stereocenters. The zero-order valence-electron chi connectivity index (χ0n) is 18.0. The standard InChI is InChI=1S/C24H17F2N5O4/c25-14-1-4-16(5-2-14)31-12-13-8-10-34-21(13)20(23(31)33)22(32)29-15-3-6-18(17(26)11-15)35-19-7-9-28-24(27)30-19/h1-7,9,11-12H,8,10H2,(H,29,32)(H2,27,28,30). The Morgan fingerprint density at radius 3 is 2.69 bits per heavy atom. The molecule has 176 valence electrons. The molecule has 35 heavy (non-hydrogen) atoms. The first kappa shape index (κ1) is 22.0. The van der Waals surface area contributed by atoms with E-state index in [-0.39, 0.29) is 34.6 Å². The first-order chi connectivity index (χ1) is 16.9. The second-order valence-corrected chi connectivity index (χ2v) is 7.56. The number of amides is 1. The fourth-order valence-corrected chi connectivity index (χ4v) is 3.63. The van der Waals surface area contributed by atoms with Crippen LogP contribution in [0.4, 0.5) is 20.4 Å². The summed E-state index contributed by atoms with van der Waals surface area (Å²) in [6, 6.07) is 10.4. The predicted octanol–water partition coefficient (Wildman–Crippen LogP) is 3.47. The van der Waals surface area contributed by atoms with Crippen LogP contribution in [0.25, 0.3) is 5.69 Å². The Balaban J connectivity index is 1.44. The lowest BCUT2D eigenvalue weighted by Gasteiger charge is -2.13. The molecule has 1 aliphatic rings. The smallest absolute Gasteiger partial charge is 0.271 e. The molecule has 0 fully saturated rings. The topological polar surface area (TPSA) is 121 Å². The molecule has 1 amide bonds. The maximum atomic E-state index is 14.6. The van der Waals surface area contributed by atoms with Gasteiger partial charge in [0, 0.05) is 47.9 Å². The SMILES string of the molecule is Nc1nccc(Oc2ccc(NC(=O)c3c4c(cn(-c5ccc(F)cc5)c3=O)CCO4)cc2F)n1. The highest BCUT2D eigenvalue weighted by Gasteiger charge is 2.27. The third-order valence-corrected chi connectivity index (χ3v) is 5.24. The van der Waals surface area contributed by atoms with Crippen LogP contribution in [-0.4, -0.2) is 27.0 Å². The summed E-state index contributed by atoms with van der Waals surface area (Å²) in [5.74, 6) is -1.97. The molecule has 0 radical (unpaired) electrons. The molecule has 0 saturated carbocycles. The third kappa shape index (κ3) is 4.38. The van der Waals surface area contributed by atoms with Crippen molar-refractivity contribution in [2.75, 3.05) is 17.7 Å². The molecule has 2 aromatic carbocycles. The van der Waals surface area contributed by atoms with Gasteiger partial charge in [0.1, 0.15) is 17.1 Å². The van der Waals surface area contributed by atoms with E-state index in [4.69, 9.17) is 15.2 Å². The molecule has 0 spiro atoms. The van der Waals surface area contributed by atoms with Crippen molar-refractivity contribution in [2.24, 2.45) is 0 Å². The number of hydrogen-bond donors (Lipinski definition) is 2. The van der Waals surface area contributed by atoms with Crippen LogP contribution in [0.1, 0.15) is 15.9 Å². The average Bonchev–Trinajstić information content (AvgIpc) is 3.29. The minimum atomic E-state index is -0.779. The third-order valence-electron chi connectivity index (χ3n) is 5.24. The molecule has 11 heteroatoms. The van der Waals surface area contributed by atoms with Crippen molar-refractivity contribution in [3.05, 3.63) is 94.0 Å². The van der Waals surface area contributed by atoms with Gasteiger partial charge in [-0.05, 0) is 36.4 Å². The summed E-state index contributed by atoms with van der Waals surface area (Å²) in [5.41, 5.74) is 5.73. The Morgan fingerprint density at radius 1 is 1.14 bits per heavy atom. The number of nitrogen functional groups attached to an aromatic ring is 1. The highest BCUT2D eigenvalue weighted by molar-refractivity contribution is 6.06. The van der Waals surface area contributed by atoms with Crippen LogP contribution in [-0.2, 0) is 6.42 Å². The average molecular weight is 477 g/mol. The summed E-state index contributed by atoms with van der Waals surface area (Å²) in [6.07, 6.45) is 3.43. The van der Waals surface area contributed by atoms with Crippen LogP contribution in [0, 0.1) is 11.6 Å². The maximum absolute atomic E-state index is 14.6. The normalized spacial score (nSPS) is 12.1. The minimum Gasteiger partial charge on any atom is -0.492 e. The number of anilines is 2. The van der Waals surface area contributed by atoms with Crippen LogP contribution in [0.2, 0.25) is 0 Å². The van der Waals surface area contributed by atoms with Crippen LogP contribution >= 0.6 is 0 Å². The number of aromatic nitrogens is 3. The Morgan fingerprint density at radius 2 is 1.94 bits per heavy atom. The highest BCUT2D eigenvalue weighted by atomic mass is 19.1. The molecular formula is C24H17F2N5O4. The molecule has 3 N–H and O–H groups in total. The molecule has 0 aliphatic carbocycles. The summed E-state index contributed by atoms with van der Waals surface area (Å²) >= 11 is 0. The Hall–Kier alpha value is -4.80. The molecule has 9 nitrogen and oxygen atoms in total. The van der Waals surface area contributed by atoms with Crippen molar-refractivity contribution < 1.29 is 23.0 Å². The number of rotatable bonds is 5. The fourth-order valence-electron chi connectivity index (χ4n) is 3.63. The van der Waals surface area contributed by atoms with E-state index in [0.29, 0.717) is 24.3 Å². The van der Waals surface area contributed by atoms with Gasteiger partial charge < -0.3 is 20.5 Å². The first-order valence-electron chi connectivity index (χ1n) is 10.4. The maximum Gasteiger partial charge on any atom is 0.271 e. The molecular weight excluding hydrogens is 460 g/mol. The van der Waals surface area contributed by atoms with Gasteiger partial charge in [0.15, 0.2) is 11.6 Å².